The molecule has 0 radical (unpaired) electrons. The van der Waals surface area contributed by atoms with Crippen molar-refractivity contribution in [3.8, 4) is 16.9 Å². The van der Waals surface area contributed by atoms with Gasteiger partial charge in [-0.25, -0.2) is 0 Å². The largest absolute Gasteiger partial charge is 1.00 e. The van der Waals surface area contributed by atoms with E-state index in [1.54, 1.807) is 6.07 Å². The molecule has 1 aliphatic heterocycles. The molecule has 2 aromatic rings. The maximum absolute atomic E-state index is 13.1. The number of hydrogen-bond acceptors (Lipinski definition) is 3. The smallest absolute Gasteiger partial charge is 0.765 e. The molecule has 29 heavy (non-hydrogen) atoms. The molecule has 0 saturated carbocycles. The van der Waals surface area contributed by atoms with Gasteiger partial charge in [-0.05, 0) is 45.1 Å². The molecule has 3 nitrogen and oxygen atoms in total. The van der Waals surface area contributed by atoms with Gasteiger partial charge < -0.3 is 9.42 Å². The first kappa shape index (κ1) is 24.3. The van der Waals surface area contributed by atoms with Crippen LogP contribution < -0.4 is 33.6 Å². The van der Waals surface area contributed by atoms with E-state index in [4.69, 9.17) is 4.52 Å². The zero-order valence-corrected chi connectivity index (χ0v) is 20.5. The Bertz CT molecular complexity index is 989. The number of hydrogen-bond donors (Lipinski definition) is 0. The van der Waals surface area contributed by atoms with Crippen LogP contribution in [0.3, 0.4) is 0 Å². The maximum atomic E-state index is 13.1. The minimum atomic E-state index is -4.21. The minimum absolute atomic E-state index is 0. The van der Waals surface area contributed by atoms with Gasteiger partial charge in [-0.1, -0.05) is 80.5 Å². The van der Waals surface area contributed by atoms with Gasteiger partial charge in [0.15, 0.2) is 0 Å². The first-order valence-electron chi connectivity index (χ1n) is 9.87. The SMILES string of the molecule is CC(C)(C)c1cc2c(c(C(C)(C)C)c1)OP(=O)([O-])c1cc(C(C)(C)C)ccc1-2.[Li+]. The van der Waals surface area contributed by atoms with Gasteiger partial charge in [0, 0.05) is 16.4 Å². The van der Waals surface area contributed by atoms with E-state index in [-0.39, 0.29) is 35.1 Å². The van der Waals surface area contributed by atoms with Crippen molar-refractivity contribution in [2.45, 2.75) is 78.6 Å². The normalized spacial score (nSPS) is 19.0. The molecule has 0 saturated heterocycles. The van der Waals surface area contributed by atoms with Crippen LogP contribution >= 0.6 is 7.60 Å². The van der Waals surface area contributed by atoms with Gasteiger partial charge >= 0.3 is 18.9 Å². The van der Waals surface area contributed by atoms with Crippen molar-refractivity contribution in [3.05, 3.63) is 47.0 Å². The van der Waals surface area contributed by atoms with Crippen molar-refractivity contribution in [2.75, 3.05) is 0 Å². The van der Waals surface area contributed by atoms with Crippen LogP contribution in [0.1, 0.15) is 79.0 Å². The molecule has 0 N–H and O–H groups in total. The van der Waals surface area contributed by atoms with Crippen LogP contribution in [0, 0.1) is 0 Å². The van der Waals surface area contributed by atoms with Crippen LogP contribution in [0.15, 0.2) is 30.3 Å². The fourth-order valence-electron chi connectivity index (χ4n) is 3.54. The van der Waals surface area contributed by atoms with E-state index in [2.05, 4.69) is 74.4 Å². The zero-order valence-electron chi connectivity index (χ0n) is 19.6. The summed E-state index contributed by atoms with van der Waals surface area (Å²) in [6, 6.07) is 9.97. The average molecular weight is 406 g/mol. The van der Waals surface area contributed by atoms with Gasteiger partial charge in [0.25, 0.3) is 0 Å². The van der Waals surface area contributed by atoms with Gasteiger partial charge in [0.05, 0.1) is 0 Å². The fraction of sp³-hybridized carbons (Fsp3) is 0.500. The molecule has 1 heterocycles. The Hall–Kier alpha value is -0.973. The van der Waals surface area contributed by atoms with E-state index in [1.165, 1.54) is 5.56 Å². The van der Waals surface area contributed by atoms with Gasteiger partial charge in [0.1, 0.15) is 5.75 Å². The predicted octanol–water partition coefficient (Wildman–Crippen LogP) is 2.82. The molecule has 1 atom stereocenters. The molecule has 5 heteroatoms. The number of rotatable bonds is 0. The second-order valence-electron chi connectivity index (χ2n) is 11.0. The molecule has 0 fully saturated rings. The standard InChI is InChI=1S/C24H33O3P.Li/c1-22(2,3)15-10-11-17-18-12-16(23(4,5)6)13-19(24(7,8)9)21(18)27-28(25,26)20(17)14-15;/h10-14H,1-9H3,(H,25,26);/q;+1/p-1. The van der Waals surface area contributed by atoms with Crippen molar-refractivity contribution in [3.63, 3.8) is 0 Å². The van der Waals surface area contributed by atoms with Crippen molar-refractivity contribution in [2.24, 2.45) is 0 Å². The third kappa shape index (κ3) is 4.55. The molecule has 3 rings (SSSR count). The van der Waals surface area contributed by atoms with Crippen LogP contribution in [0.4, 0.5) is 0 Å². The molecular formula is C24H32LiO3P. The molecule has 0 spiro atoms. The van der Waals surface area contributed by atoms with Gasteiger partial charge in [0.2, 0.25) is 7.60 Å². The Labute approximate surface area is 188 Å². The Morgan fingerprint density at radius 3 is 1.79 bits per heavy atom. The number of fused-ring (bicyclic) bond motifs is 3. The van der Waals surface area contributed by atoms with E-state index < -0.39 is 7.60 Å². The summed E-state index contributed by atoms with van der Waals surface area (Å²) in [5.41, 5.74) is 4.26. The molecular weight excluding hydrogens is 374 g/mol. The predicted molar refractivity (Wildman–Crippen MR) is 116 cm³/mol. The van der Waals surface area contributed by atoms with Crippen molar-refractivity contribution >= 4 is 12.9 Å². The molecule has 0 aromatic heterocycles. The Morgan fingerprint density at radius 1 is 0.759 bits per heavy atom. The minimum Gasteiger partial charge on any atom is -0.765 e. The van der Waals surface area contributed by atoms with E-state index >= 15 is 0 Å². The summed E-state index contributed by atoms with van der Waals surface area (Å²) >= 11 is 0. The second-order valence-corrected chi connectivity index (χ2v) is 12.6. The van der Waals surface area contributed by atoms with E-state index in [1.807, 2.05) is 12.1 Å². The van der Waals surface area contributed by atoms with Crippen molar-refractivity contribution < 1.29 is 32.8 Å². The molecule has 2 aromatic carbocycles. The summed E-state index contributed by atoms with van der Waals surface area (Å²) in [6.45, 7) is 19.0. The Balaban J connectivity index is 0.00000300. The van der Waals surface area contributed by atoms with Crippen LogP contribution in [0.2, 0.25) is 0 Å². The van der Waals surface area contributed by atoms with Crippen LogP contribution in [0.25, 0.3) is 11.1 Å². The van der Waals surface area contributed by atoms with E-state index in [0.29, 0.717) is 11.1 Å². The molecule has 0 amide bonds. The van der Waals surface area contributed by atoms with Crippen LogP contribution in [0.5, 0.6) is 5.75 Å². The average Bonchev–Trinajstić information content (AvgIpc) is 2.50. The summed E-state index contributed by atoms with van der Waals surface area (Å²) < 4.78 is 18.8. The summed E-state index contributed by atoms with van der Waals surface area (Å²) in [4.78, 5) is 13.1. The molecule has 152 valence electrons. The van der Waals surface area contributed by atoms with Crippen LogP contribution in [-0.4, -0.2) is 0 Å². The van der Waals surface area contributed by atoms with E-state index in [9.17, 15) is 9.46 Å². The molecule has 0 bridgehead atoms. The monoisotopic (exact) mass is 406 g/mol. The third-order valence-electron chi connectivity index (χ3n) is 5.42. The summed E-state index contributed by atoms with van der Waals surface area (Å²) in [5, 5.41) is 0.290. The van der Waals surface area contributed by atoms with Crippen molar-refractivity contribution in [1.82, 2.24) is 0 Å². The van der Waals surface area contributed by atoms with E-state index in [0.717, 1.165) is 22.3 Å². The topological polar surface area (TPSA) is 49.4 Å². The van der Waals surface area contributed by atoms with Gasteiger partial charge in [-0.2, -0.15) is 0 Å². The van der Waals surface area contributed by atoms with Gasteiger partial charge in [-0.15, -0.1) is 0 Å². The fourth-order valence-corrected chi connectivity index (χ4v) is 4.86. The maximum Gasteiger partial charge on any atom is 1.00 e. The molecule has 1 aliphatic rings. The Kier molecular flexibility index (Phi) is 6.13. The summed E-state index contributed by atoms with van der Waals surface area (Å²) in [5.74, 6) is 0.481. The van der Waals surface area contributed by atoms with Crippen LogP contribution in [-0.2, 0) is 20.8 Å². The molecule has 0 aliphatic carbocycles. The second kappa shape index (κ2) is 7.32. The summed E-state index contributed by atoms with van der Waals surface area (Å²) in [7, 11) is -4.21. The zero-order chi connectivity index (χ0) is 21.3. The summed E-state index contributed by atoms with van der Waals surface area (Å²) in [6.07, 6.45) is 0. The first-order chi connectivity index (χ1) is 12.5. The molecule has 1 unspecified atom stereocenters. The number of benzene rings is 2. The third-order valence-corrected chi connectivity index (χ3v) is 6.81. The van der Waals surface area contributed by atoms with Crippen molar-refractivity contribution in [1.29, 1.82) is 0 Å². The quantitative estimate of drug-likeness (QED) is 0.499. The Morgan fingerprint density at radius 2 is 1.31 bits per heavy atom. The van der Waals surface area contributed by atoms with Gasteiger partial charge in [-0.3, -0.25) is 4.57 Å². The first-order valence-corrected chi connectivity index (χ1v) is 11.4.